The Hall–Kier alpha value is -1.39. The number of carbonyl (C=O) groups excluding carboxylic acids is 1. The van der Waals surface area contributed by atoms with Crippen molar-refractivity contribution in [1.29, 1.82) is 0 Å². The summed E-state index contributed by atoms with van der Waals surface area (Å²) in [6.07, 6.45) is 0.683. The Balaban J connectivity index is 2.91. The number of anilines is 1. The molecule has 0 radical (unpaired) electrons. The quantitative estimate of drug-likeness (QED) is 0.493. The largest absolute Gasteiger partial charge is 0.298 e. The molecule has 0 heterocycles. The van der Waals surface area contributed by atoms with Gasteiger partial charge >= 0.3 is 0 Å². The molecular weight excluding hydrogens is 146 g/mol. The van der Waals surface area contributed by atoms with Crippen molar-refractivity contribution in [2.45, 2.75) is 0 Å². The van der Waals surface area contributed by atoms with Gasteiger partial charge < -0.3 is 0 Å². The van der Waals surface area contributed by atoms with Gasteiger partial charge in [0.15, 0.2) is 0 Å². The molecule has 0 saturated carbocycles. The second kappa shape index (κ2) is 3.14. The topological polar surface area (TPSA) is 60.8 Å². The zero-order chi connectivity index (χ0) is 8.27. The second-order valence-electron chi connectivity index (χ2n) is 2.00. The van der Waals surface area contributed by atoms with Crippen LogP contribution in [-0.2, 0) is 0 Å². The minimum Gasteiger partial charge on any atom is -0.298 e. The zero-order valence-electron chi connectivity index (χ0n) is 5.64. The van der Waals surface area contributed by atoms with Gasteiger partial charge in [0.05, 0.1) is 5.69 Å². The van der Waals surface area contributed by atoms with Crippen molar-refractivity contribution >= 4 is 12.0 Å². The number of hydrogen-bond acceptors (Lipinski definition) is 4. The van der Waals surface area contributed by atoms with Gasteiger partial charge in [-0.25, -0.2) is 0 Å². The molecule has 0 bridgehead atoms. The molecule has 0 spiro atoms. The van der Waals surface area contributed by atoms with Gasteiger partial charge in [-0.15, -0.1) is 5.23 Å². The van der Waals surface area contributed by atoms with E-state index in [-0.39, 0.29) is 10.9 Å². The molecule has 11 heavy (non-hydrogen) atoms. The molecule has 0 fully saturated rings. The number of rotatable bonds is 2. The summed E-state index contributed by atoms with van der Waals surface area (Å²) >= 11 is 0. The van der Waals surface area contributed by atoms with E-state index in [9.17, 15) is 4.79 Å². The molecule has 0 aliphatic rings. The van der Waals surface area contributed by atoms with Crippen LogP contribution in [0.3, 0.4) is 0 Å². The fourth-order valence-corrected chi connectivity index (χ4v) is 0.686. The monoisotopic (exact) mass is 153 g/mol. The molecule has 58 valence electrons. The lowest BCUT2D eigenvalue weighted by atomic mass is 10.2. The molecule has 0 atom stereocenters. The smallest absolute Gasteiger partial charge is 0.150 e. The minimum absolute atomic E-state index is 0.00537. The fraction of sp³-hybridized carbons (Fsp3) is 0. The second-order valence-corrected chi connectivity index (χ2v) is 2.00. The lowest BCUT2D eigenvalue weighted by Gasteiger charge is -2.06. The standard InChI is InChI=1S/C7H7NO3/c9-5-6-1-3-7(4-2-6)8(10)11/h1-5,10-11H. The molecule has 2 N–H and O–H groups in total. The van der Waals surface area contributed by atoms with Crippen molar-refractivity contribution in [3.8, 4) is 0 Å². The van der Waals surface area contributed by atoms with E-state index in [1.807, 2.05) is 0 Å². The molecule has 0 unspecified atom stereocenters. The van der Waals surface area contributed by atoms with E-state index in [2.05, 4.69) is 0 Å². The molecular formula is C7H7NO3. The zero-order valence-corrected chi connectivity index (χ0v) is 5.64. The average Bonchev–Trinajstić information content (AvgIpc) is 2.05. The first kappa shape index (κ1) is 7.71. The van der Waals surface area contributed by atoms with Crippen LogP contribution in [-0.4, -0.2) is 16.7 Å². The molecule has 1 aromatic rings. The van der Waals surface area contributed by atoms with Gasteiger partial charge in [-0.3, -0.25) is 15.2 Å². The lowest BCUT2D eigenvalue weighted by Crippen LogP contribution is -2.10. The molecule has 0 saturated heterocycles. The van der Waals surface area contributed by atoms with Crippen molar-refractivity contribution < 1.29 is 15.2 Å². The number of carbonyl (C=O) groups is 1. The summed E-state index contributed by atoms with van der Waals surface area (Å²) in [4.78, 5) is 10.1. The Labute approximate surface area is 63.2 Å². The molecule has 4 heteroatoms. The summed E-state index contributed by atoms with van der Waals surface area (Å²) in [5, 5.41) is 17.0. The Morgan fingerprint density at radius 3 is 2.09 bits per heavy atom. The summed E-state index contributed by atoms with van der Waals surface area (Å²) in [5.74, 6) is 0. The Bertz CT molecular complexity index is 242. The summed E-state index contributed by atoms with van der Waals surface area (Å²) in [6, 6.07) is 5.82. The number of nitrogens with zero attached hydrogens (tertiary/aromatic N) is 1. The third-order valence-corrected chi connectivity index (χ3v) is 1.26. The summed E-state index contributed by atoms with van der Waals surface area (Å²) in [6.45, 7) is 0. The first-order chi connectivity index (χ1) is 5.24. The van der Waals surface area contributed by atoms with E-state index in [0.29, 0.717) is 11.8 Å². The van der Waals surface area contributed by atoms with Gasteiger partial charge in [-0.2, -0.15) is 0 Å². The average molecular weight is 153 g/mol. The Kier molecular flexibility index (Phi) is 2.20. The summed E-state index contributed by atoms with van der Waals surface area (Å²) in [5.41, 5.74) is 0.714. The Morgan fingerprint density at radius 2 is 1.73 bits per heavy atom. The summed E-state index contributed by atoms with van der Waals surface area (Å²) in [7, 11) is 0. The lowest BCUT2D eigenvalue weighted by molar-refractivity contribution is 0.0291. The highest BCUT2D eigenvalue weighted by Crippen LogP contribution is 2.10. The maximum absolute atomic E-state index is 10.1. The molecule has 1 rings (SSSR count). The minimum atomic E-state index is -0.00537. The van der Waals surface area contributed by atoms with Gasteiger partial charge in [-0.1, -0.05) is 0 Å². The molecule has 4 nitrogen and oxygen atoms in total. The number of aldehydes is 1. The molecule has 0 amide bonds. The SMILES string of the molecule is O=Cc1ccc(N(O)O)cc1. The van der Waals surface area contributed by atoms with Crippen LogP contribution in [0.4, 0.5) is 5.69 Å². The van der Waals surface area contributed by atoms with Crippen LogP contribution < -0.4 is 5.23 Å². The van der Waals surface area contributed by atoms with Crippen molar-refractivity contribution in [2.75, 3.05) is 5.23 Å². The predicted octanol–water partition coefficient (Wildman–Crippen LogP) is 1.08. The van der Waals surface area contributed by atoms with Crippen LogP contribution in [0.25, 0.3) is 0 Å². The third kappa shape index (κ3) is 1.76. The summed E-state index contributed by atoms with van der Waals surface area (Å²) < 4.78 is 0. The van der Waals surface area contributed by atoms with Crippen LogP contribution in [0, 0.1) is 0 Å². The highest BCUT2D eigenvalue weighted by molar-refractivity contribution is 5.75. The van der Waals surface area contributed by atoms with Gasteiger partial charge in [0, 0.05) is 5.56 Å². The fourth-order valence-electron chi connectivity index (χ4n) is 0.686. The maximum Gasteiger partial charge on any atom is 0.150 e. The first-order valence-corrected chi connectivity index (χ1v) is 2.97. The van der Waals surface area contributed by atoms with Gasteiger partial charge in [0.2, 0.25) is 0 Å². The van der Waals surface area contributed by atoms with Crippen LogP contribution in [0.1, 0.15) is 10.4 Å². The number of benzene rings is 1. The van der Waals surface area contributed by atoms with Crippen molar-refractivity contribution in [1.82, 2.24) is 0 Å². The molecule has 0 aliphatic heterocycles. The van der Waals surface area contributed by atoms with Crippen molar-refractivity contribution in [3.05, 3.63) is 29.8 Å². The van der Waals surface area contributed by atoms with Crippen LogP contribution in [0.15, 0.2) is 24.3 Å². The molecule has 1 aromatic carbocycles. The van der Waals surface area contributed by atoms with E-state index in [1.54, 1.807) is 0 Å². The first-order valence-electron chi connectivity index (χ1n) is 2.97. The van der Waals surface area contributed by atoms with E-state index < -0.39 is 0 Å². The van der Waals surface area contributed by atoms with E-state index in [0.717, 1.165) is 0 Å². The van der Waals surface area contributed by atoms with Crippen molar-refractivity contribution in [2.24, 2.45) is 0 Å². The van der Waals surface area contributed by atoms with Crippen LogP contribution >= 0.6 is 0 Å². The van der Waals surface area contributed by atoms with E-state index >= 15 is 0 Å². The van der Waals surface area contributed by atoms with E-state index in [4.69, 9.17) is 10.4 Å². The highest BCUT2D eigenvalue weighted by atomic mass is 16.8. The van der Waals surface area contributed by atoms with Crippen LogP contribution in [0.2, 0.25) is 0 Å². The maximum atomic E-state index is 10.1. The predicted molar refractivity (Wildman–Crippen MR) is 37.9 cm³/mol. The van der Waals surface area contributed by atoms with Gasteiger partial charge in [0.1, 0.15) is 6.29 Å². The van der Waals surface area contributed by atoms with E-state index in [1.165, 1.54) is 24.3 Å². The molecule has 0 aliphatic carbocycles. The molecule has 0 aromatic heterocycles. The van der Waals surface area contributed by atoms with Crippen LogP contribution in [0.5, 0.6) is 0 Å². The Morgan fingerprint density at radius 1 is 1.18 bits per heavy atom. The number of hydrogen-bond donors (Lipinski definition) is 2. The van der Waals surface area contributed by atoms with Gasteiger partial charge in [-0.05, 0) is 24.3 Å². The normalized spacial score (nSPS) is 9.27. The highest BCUT2D eigenvalue weighted by Gasteiger charge is 1.96. The van der Waals surface area contributed by atoms with Crippen molar-refractivity contribution in [3.63, 3.8) is 0 Å². The van der Waals surface area contributed by atoms with Gasteiger partial charge in [0.25, 0.3) is 0 Å². The third-order valence-electron chi connectivity index (χ3n) is 1.26.